The third kappa shape index (κ3) is 3.36. The molecule has 1 aliphatic rings. The largest absolute Gasteiger partial charge is 0.416 e. The molecular weight excluding hydrogens is 309 g/mol. The number of piperidine rings is 1. The first-order valence-electron chi connectivity index (χ1n) is 7.48. The molecule has 0 bridgehead atoms. The SMILES string of the molecule is CC(=O)CN1CCC(n2nnc3cc(C(F)(F)F)ccc32)CC1. The standard InChI is InChI=1S/C15H17F3N4O/c1-10(23)9-21-6-4-12(5-7-21)22-14-3-2-11(15(16,17)18)8-13(14)19-20-22/h2-3,8,12H,4-7,9H2,1H3. The molecule has 1 aromatic carbocycles. The van der Waals surface area contributed by atoms with Gasteiger partial charge in [0.1, 0.15) is 11.3 Å². The lowest BCUT2D eigenvalue weighted by Crippen LogP contribution is -2.37. The fraction of sp³-hybridized carbons (Fsp3) is 0.533. The van der Waals surface area contributed by atoms with Crippen LogP contribution in [-0.4, -0.2) is 45.3 Å². The summed E-state index contributed by atoms with van der Waals surface area (Å²) < 4.78 is 39.9. The molecule has 0 amide bonds. The second-order valence-corrected chi connectivity index (χ2v) is 5.94. The molecule has 0 unspecified atom stereocenters. The molecule has 2 aromatic rings. The van der Waals surface area contributed by atoms with Gasteiger partial charge in [0, 0.05) is 13.1 Å². The van der Waals surface area contributed by atoms with Crippen LogP contribution in [0.4, 0.5) is 13.2 Å². The summed E-state index contributed by atoms with van der Waals surface area (Å²) in [7, 11) is 0. The number of aromatic nitrogens is 3. The predicted molar refractivity (Wildman–Crippen MR) is 77.9 cm³/mol. The number of halogens is 3. The fourth-order valence-electron chi connectivity index (χ4n) is 3.02. The van der Waals surface area contributed by atoms with Gasteiger partial charge in [-0.25, -0.2) is 4.68 Å². The first kappa shape index (κ1) is 15.9. The second-order valence-electron chi connectivity index (χ2n) is 5.94. The molecule has 1 fully saturated rings. The average molecular weight is 326 g/mol. The molecule has 0 aliphatic carbocycles. The zero-order chi connectivity index (χ0) is 16.6. The van der Waals surface area contributed by atoms with Crippen LogP contribution in [0, 0.1) is 0 Å². The van der Waals surface area contributed by atoms with E-state index in [9.17, 15) is 18.0 Å². The van der Waals surface area contributed by atoms with Gasteiger partial charge in [0.05, 0.1) is 23.7 Å². The van der Waals surface area contributed by atoms with Crippen molar-refractivity contribution in [2.45, 2.75) is 32.0 Å². The Kier molecular flexibility index (Phi) is 4.09. The molecule has 8 heteroatoms. The number of Topliss-reactive ketones (excluding diaryl/α,β-unsaturated/α-hetero) is 1. The maximum Gasteiger partial charge on any atom is 0.416 e. The van der Waals surface area contributed by atoms with Gasteiger partial charge in [0.15, 0.2) is 0 Å². The summed E-state index contributed by atoms with van der Waals surface area (Å²) in [6.07, 6.45) is -2.78. The van der Waals surface area contributed by atoms with Crippen LogP contribution >= 0.6 is 0 Å². The van der Waals surface area contributed by atoms with Gasteiger partial charge in [-0.2, -0.15) is 13.2 Å². The van der Waals surface area contributed by atoms with Gasteiger partial charge in [-0.05, 0) is 38.0 Å². The summed E-state index contributed by atoms with van der Waals surface area (Å²) in [4.78, 5) is 13.2. The molecule has 124 valence electrons. The van der Waals surface area contributed by atoms with Crippen molar-refractivity contribution in [1.82, 2.24) is 19.9 Å². The highest BCUT2D eigenvalue weighted by Crippen LogP contribution is 2.32. The zero-order valence-corrected chi connectivity index (χ0v) is 12.7. The molecule has 1 saturated heterocycles. The van der Waals surface area contributed by atoms with Gasteiger partial charge in [-0.3, -0.25) is 9.69 Å². The molecule has 0 saturated carbocycles. The Bertz CT molecular complexity index is 717. The lowest BCUT2D eigenvalue weighted by atomic mass is 10.0. The van der Waals surface area contributed by atoms with E-state index in [2.05, 4.69) is 15.2 Å². The molecule has 1 aliphatic heterocycles. The Labute approximate surface area is 131 Å². The van der Waals surface area contributed by atoms with E-state index in [4.69, 9.17) is 0 Å². The van der Waals surface area contributed by atoms with Crippen LogP contribution in [0.1, 0.15) is 31.4 Å². The number of benzene rings is 1. The summed E-state index contributed by atoms with van der Waals surface area (Å²) in [5.74, 6) is 0.134. The van der Waals surface area contributed by atoms with E-state index in [1.807, 2.05) is 0 Å². The molecule has 0 radical (unpaired) electrons. The third-order valence-corrected chi connectivity index (χ3v) is 4.15. The monoisotopic (exact) mass is 326 g/mol. The molecule has 2 heterocycles. The van der Waals surface area contributed by atoms with E-state index >= 15 is 0 Å². The van der Waals surface area contributed by atoms with Crippen molar-refractivity contribution in [3.05, 3.63) is 23.8 Å². The highest BCUT2D eigenvalue weighted by Gasteiger charge is 2.31. The van der Waals surface area contributed by atoms with Crippen LogP contribution in [0.25, 0.3) is 11.0 Å². The van der Waals surface area contributed by atoms with E-state index in [1.54, 1.807) is 11.6 Å². The van der Waals surface area contributed by atoms with Gasteiger partial charge in [0.2, 0.25) is 0 Å². The number of nitrogens with zero attached hydrogens (tertiary/aromatic N) is 4. The molecule has 0 N–H and O–H groups in total. The number of ketones is 1. The third-order valence-electron chi connectivity index (χ3n) is 4.15. The minimum absolute atomic E-state index is 0.0972. The summed E-state index contributed by atoms with van der Waals surface area (Å²) in [6.45, 7) is 3.55. The van der Waals surface area contributed by atoms with Gasteiger partial charge in [-0.1, -0.05) is 5.21 Å². The molecule has 5 nitrogen and oxygen atoms in total. The lowest BCUT2D eigenvalue weighted by molar-refractivity contribution is -0.137. The number of likely N-dealkylation sites (tertiary alicyclic amines) is 1. The van der Waals surface area contributed by atoms with Crippen LogP contribution in [0.5, 0.6) is 0 Å². The van der Waals surface area contributed by atoms with Crippen LogP contribution in [0.3, 0.4) is 0 Å². The first-order valence-corrected chi connectivity index (χ1v) is 7.48. The number of fused-ring (bicyclic) bond motifs is 1. The Balaban J connectivity index is 1.78. The van der Waals surface area contributed by atoms with E-state index in [-0.39, 0.29) is 17.3 Å². The molecular formula is C15H17F3N4O. The first-order chi connectivity index (χ1) is 10.8. The van der Waals surface area contributed by atoms with Crippen molar-refractivity contribution in [3.63, 3.8) is 0 Å². The normalized spacial score (nSPS) is 17.7. The minimum Gasteiger partial charge on any atom is -0.299 e. The van der Waals surface area contributed by atoms with Crippen molar-refractivity contribution < 1.29 is 18.0 Å². The van der Waals surface area contributed by atoms with Gasteiger partial charge >= 0.3 is 6.18 Å². The maximum atomic E-state index is 12.7. The fourth-order valence-corrected chi connectivity index (χ4v) is 3.02. The highest BCUT2D eigenvalue weighted by atomic mass is 19.4. The van der Waals surface area contributed by atoms with E-state index in [0.717, 1.165) is 38.1 Å². The smallest absolute Gasteiger partial charge is 0.299 e. The highest BCUT2D eigenvalue weighted by molar-refractivity contribution is 5.77. The Hall–Kier alpha value is -1.96. The van der Waals surface area contributed by atoms with Gasteiger partial charge in [0.25, 0.3) is 0 Å². The minimum atomic E-state index is -4.38. The second kappa shape index (κ2) is 5.92. The number of alkyl halides is 3. The van der Waals surface area contributed by atoms with E-state index < -0.39 is 11.7 Å². The van der Waals surface area contributed by atoms with Crippen molar-refractivity contribution in [3.8, 4) is 0 Å². The molecule has 0 spiro atoms. The molecule has 0 atom stereocenters. The number of hydrogen-bond acceptors (Lipinski definition) is 4. The van der Waals surface area contributed by atoms with Crippen LogP contribution < -0.4 is 0 Å². The van der Waals surface area contributed by atoms with Gasteiger partial charge < -0.3 is 0 Å². The number of rotatable bonds is 3. The van der Waals surface area contributed by atoms with Crippen molar-refractivity contribution in [2.75, 3.05) is 19.6 Å². The zero-order valence-electron chi connectivity index (χ0n) is 12.7. The quantitative estimate of drug-likeness (QED) is 0.870. The van der Waals surface area contributed by atoms with Crippen molar-refractivity contribution in [2.24, 2.45) is 0 Å². The average Bonchev–Trinajstić information content (AvgIpc) is 2.89. The number of carbonyl (C=O) groups excluding carboxylic acids is 1. The summed E-state index contributed by atoms with van der Waals surface area (Å²) in [5, 5.41) is 7.92. The van der Waals surface area contributed by atoms with Crippen LogP contribution in [0.15, 0.2) is 18.2 Å². The van der Waals surface area contributed by atoms with Crippen molar-refractivity contribution in [1.29, 1.82) is 0 Å². The van der Waals surface area contributed by atoms with Crippen molar-refractivity contribution >= 4 is 16.8 Å². The summed E-state index contributed by atoms with van der Waals surface area (Å²) in [5.41, 5.74) is 0.155. The molecule has 3 rings (SSSR count). The number of carbonyl (C=O) groups is 1. The van der Waals surface area contributed by atoms with Gasteiger partial charge in [-0.15, -0.1) is 5.10 Å². The Morgan fingerprint density at radius 2 is 2.00 bits per heavy atom. The number of hydrogen-bond donors (Lipinski definition) is 0. The van der Waals surface area contributed by atoms with E-state index in [1.165, 1.54) is 6.07 Å². The lowest BCUT2D eigenvalue weighted by Gasteiger charge is -2.31. The molecule has 1 aromatic heterocycles. The Morgan fingerprint density at radius 1 is 1.30 bits per heavy atom. The Morgan fingerprint density at radius 3 is 2.61 bits per heavy atom. The summed E-state index contributed by atoms with van der Waals surface area (Å²) >= 11 is 0. The summed E-state index contributed by atoms with van der Waals surface area (Å²) in [6, 6.07) is 3.62. The topological polar surface area (TPSA) is 51.0 Å². The van der Waals surface area contributed by atoms with E-state index in [0.29, 0.717) is 12.1 Å². The van der Waals surface area contributed by atoms with Crippen LogP contribution in [0.2, 0.25) is 0 Å². The van der Waals surface area contributed by atoms with Crippen LogP contribution in [-0.2, 0) is 11.0 Å². The maximum absolute atomic E-state index is 12.7. The molecule has 23 heavy (non-hydrogen) atoms. The predicted octanol–water partition coefficient (Wildman–Crippen LogP) is 2.68.